The van der Waals surface area contributed by atoms with E-state index >= 15 is 0 Å². The van der Waals surface area contributed by atoms with Gasteiger partial charge in [0.2, 0.25) is 0 Å². The van der Waals surface area contributed by atoms with Gasteiger partial charge in [0.15, 0.2) is 10.4 Å². The highest BCUT2D eigenvalue weighted by atomic mass is 79.9. The van der Waals surface area contributed by atoms with Gasteiger partial charge in [0.25, 0.3) is 11.8 Å². The Hall–Kier alpha value is -3.06. The van der Waals surface area contributed by atoms with Gasteiger partial charge in [0.05, 0.1) is 17.9 Å². The molecule has 0 saturated heterocycles. The molecule has 0 fully saturated rings. The standard InChI is InChI=1S/C22H21BrN2O4/c1-25(22(27)19-12-13-20(23)29-19)18-11-6-5-10-17(18)21(26)24-14-7-15-28-16-8-3-2-4-9-16/h2-6,8-13H,7,14-15H2,1H3,(H,24,26). The summed E-state index contributed by atoms with van der Waals surface area (Å²) >= 11 is 3.19. The van der Waals surface area contributed by atoms with Crippen LogP contribution in [0.3, 0.4) is 0 Å². The highest BCUT2D eigenvalue weighted by Gasteiger charge is 2.21. The van der Waals surface area contributed by atoms with Crippen LogP contribution in [-0.2, 0) is 0 Å². The summed E-state index contributed by atoms with van der Waals surface area (Å²) < 4.78 is 11.4. The largest absolute Gasteiger partial charge is 0.494 e. The molecule has 2 amide bonds. The fourth-order valence-corrected chi connectivity index (χ4v) is 3.04. The minimum Gasteiger partial charge on any atom is -0.494 e. The highest BCUT2D eigenvalue weighted by Crippen LogP contribution is 2.23. The summed E-state index contributed by atoms with van der Waals surface area (Å²) in [6, 6.07) is 19.7. The Morgan fingerprint density at radius 1 is 1.03 bits per heavy atom. The summed E-state index contributed by atoms with van der Waals surface area (Å²) in [4.78, 5) is 26.7. The van der Waals surface area contributed by atoms with Crippen molar-refractivity contribution in [2.45, 2.75) is 6.42 Å². The Labute approximate surface area is 177 Å². The van der Waals surface area contributed by atoms with E-state index in [9.17, 15) is 9.59 Å². The molecular weight excluding hydrogens is 436 g/mol. The van der Waals surface area contributed by atoms with Crippen molar-refractivity contribution >= 4 is 33.4 Å². The zero-order valence-electron chi connectivity index (χ0n) is 15.9. The molecule has 0 aliphatic rings. The third-order valence-corrected chi connectivity index (χ3v) is 4.64. The first-order valence-corrected chi connectivity index (χ1v) is 9.94. The van der Waals surface area contributed by atoms with E-state index in [4.69, 9.17) is 9.15 Å². The second kappa shape index (κ2) is 9.93. The summed E-state index contributed by atoms with van der Waals surface area (Å²) in [6.07, 6.45) is 0.665. The van der Waals surface area contributed by atoms with Gasteiger partial charge in [-0.1, -0.05) is 30.3 Å². The fourth-order valence-electron chi connectivity index (χ4n) is 2.74. The highest BCUT2D eigenvalue weighted by molar-refractivity contribution is 9.10. The summed E-state index contributed by atoms with van der Waals surface area (Å²) in [5.74, 6) is 0.398. The van der Waals surface area contributed by atoms with Crippen molar-refractivity contribution in [1.29, 1.82) is 0 Å². The van der Waals surface area contributed by atoms with Gasteiger partial charge in [-0.15, -0.1) is 0 Å². The lowest BCUT2D eigenvalue weighted by atomic mass is 10.1. The van der Waals surface area contributed by atoms with Crippen LogP contribution < -0.4 is 15.0 Å². The monoisotopic (exact) mass is 456 g/mol. The van der Waals surface area contributed by atoms with Gasteiger partial charge < -0.3 is 19.4 Å². The van der Waals surface area contributed by atoms with Crippen LogP contribution in [0.5, 0.6) is 5.75 Å². The molecule has 1 heterocycles. The van der Waals surface area contributed by atoms with Gasteiger partial charge in [-0.05, 0) is 58.7 Å². The van der Waals surface area contributed by atoms with Crippen LogP contribution in [0.25, 0.3) is 0 Å². The van der Waals surface area contributed by atoms with Crippen molar-refractivity contribution in [1.82, 2.24) is 5.32 Å². The number of nitrogens with zero attached hydrogens (tertiary/aromatic N) is 1. The molecular formula is C22H21BrN2O4. The van der Waals surface area contributed by atoms with Crippen molar-refractivity contribution in [2.75, 3.05) is 25.1 Å². The van der Waals surface area contributed by atoms with Crippen LogP contribution in [0.15, 0.2) is 75.8 Å². The lowest BCUT2D eigenvalue weighted by Gasteiger charge is -2.19. The molecule has 1 N–H and O–H groups in total. The molecule has 0 bridgehead atoms. The number of halogens is 1. The number of hydrogen-bond donors (Lipinski definition) is 1. The summed E-state index contributed by atoms with van der Waals surface area (Å²) in [5, 5.41) is 2.88. The Kier molecular flexibility index (Phi) is 7.08. The number of rotatable bonds is 8. The minimum atomic E-state index is -0.341. The first-order chi connectivity index (χ1) is 14.1. The number of hydrogen-bond acceptors (Lipinski definition) is 4. The third-order valence-electron chi connectivity index (χ3n) is 4.22. The Morgan fingerprint density at radius 3 is 2.48 bits per heavy atom. The van der Waals surface area contributed by atoms with E-state index in [-0.39, 0.29) is 17.6 Å². The molecule has 0 aliphatic carbocycles. The fraction of sp³-hybridized carbons (Fsp3) is 0.182. The topological polar surface area (TPSA) is 71.8 Å². The molecule has 0 saturated carbocycles. The van der Waals surface area contributed by atoms with E-state index in [0.717, 1.165) is 5.75 Å². The van der Waals surface area contributed by atoms with E-state index in [2.05, 4.69) is 21.2 Å². The Balaban J connectivity index is 1.57. The molecule has 29 heavy (non-hydrogen) atoms. The van der Waals surface area contributed by atoms with Gasteiger partial charge in [-0.3, -0.25) is 9.59 Å². The number of ether oxygens (including phenoxy) is 1. The van der Waals surface area contributed by atoms with E-state index in [1.165, 1.54) is 4.90 Å². The third kappa shape index (κ3) is 5.48. The second-order valence-corrected chi connectivity index (χ2v) is 7.04. The predicted molar refractivity (Wildman–Crippen MR) is 114 cm³/mol. The van der Waals surface area contributed by atoms with Gasteiger partial charge >= 0.3 is 0 Å². The molecule has 0 aliphatic heterocycles. The number of carbonyl (C=O) groups is 2. The molecule has 0 atom stereocenters. The number of para-hydroxylation sites is 2. The first-order valence-electron chi connectivity index (χ1n) is 9.14. The van der Waals surface area contributed by atoms with Crippen LogP contribution in [-0.4, -0.2) is 32.0 Å². The molecule has 1 aromatic heterocycles. The number of anilines is 1. The maximum atomic E-state index is 12.6. The van der Waals surface area contributed by atoms with Crippen LogP contribution in [0.4, 0.5) is 5.69 Å². The van der Waals surface area contributed by atoms with E-state index in [0.29, 0.717) is 35.5 Å². The van der Waals surface area contributed by atoms with Crippen LogP contribution >= 0.6 is 15.9 Å². The van der Waals surface area contributed by atoms with Crippen molar-refractivity contribution < 1.29 is 18.7 Å². The number of benzene rings is 2. The van der Waals surface area contributed by atoms with E-state index in [1.54, 1.807) is 43.4 Å². The Morgan fingerprint density at radius 2 is 1.76 bits per heavy atom. The van der Waals surface area contributed by atoms with Gasteiger partial charge in [0, 0.05) is 13.6 Å². The molecule has 6 nitrogen and oxygen atoms in total. The summed E-state index contributed by atoms with van der Waals surface area (Å²) in [6.45, 7) is 0.959. The van der Waals surface area contributed by atoms with Crippen molar-refractivity contribution in [2.24, 2.45) is 0 Å². The maximum Gasteiger partial charge on any atom is 0.293 e. The smallest absolute Gasteiger partial charge is 0.293 e. The second-order valence-electron chi connectivity index (χ2n) is 6.26. The Bertz CT molecular complexity index is 972. The van der Waals surface area contributed by atoms with Crippen molar-refractivity contribution in [3.8, 4) is 5.75 Å². The average Bonchev–Trinajstić information content (AvgIpc) is 3.19. The van der Waals surface area contributed by atoms with E-state index < -0.39 is 0 Å². The molecule has 3 rings (SSSR count). The van der Waals surface area contributed by atoms with Crippen LogP contribution in [0.2, 0.25) is 0 Å². The van der Waals surface area contributed by atoms with Gasteiger partial charge in [-0.2, -0.15) is 0 Å². The van der Waals surface area contributed by atoms with Gasteiger partial charge in [0.1, 0.15) is 5.75 Å². The molecule has 0 spiro atoms. The van der Waals surface area contributed by atoms with Crippen LogP contribution in [0, 0.1) is 0 Å². The number of furan rings is 1. The molecule has 2 aromatic carbocycles. The number of amides is 2. The minimum absolute atomic E-state index is 0.188. The first kappa shape index (κ1) is 20.7. The normalized spacial score (nSPS) is 10.4. The summed E-state index contributed by atoms with van der Waals surface area (Å²) in [5.41, 5.74) is 0.918. The molecule has 0 unspecified atom stereocenters. The zero-order valence-corrected chi connectivity index (χ0v) is 17.5. The zero-order chi connectivity index (χ0) is 20.6. The number of nitrogens with one attached hydrogen (secondary N) is 1. The van der Waals surface area contributed by atoms with Crippen molar-refractivity contribution in [3.63, 3.8) is 0 Å². The van der Waals surface area contributed by atoms with Crippen molar-refractivity contribution in [3.05, 3.63) is 82.7 Å². The van der Waals surface area contributed by atoms with E-state index in [1.807, 2.05) is 30.3 Å². The predicted octanol–water partition coefficient (Wildman–Crippen LogP) is 4.52. The maximum absolute atomic E-state index is 12.6. The number of carbonyl (C=O) groups excluding carboxylic acids is 2. The summed E-state index contributed by atoms with van der Waals surface area (Å²) in [7, 11) is 1.61. The van der Waals surface area contributed by atoms with Crippen LogP contribution in [0.1, 0.15) is 27.3 Å². The quantitative estimate of drug-likeness (QED) is 0.505. The molecule has 150 valence electrons. The molecule has 7 heteroatoms. The SMILES string of the molecule is CN(C(=O)c1ccc(Br)o1)c1ccccc1C(=O)NCCCOc1ccccc1. The molecule has 3 aromatic rings. The molecule has 0 radical (unpaired) electrons. The lowest BCUT2D eigenvalue weighted by molar-refractivity contribution is 0.0951. The lowest BCUT2D eigenvalue weighted by Crippen LogP contribution is -2.31. The average molecular weight is 457 g/mol. The van der Waals surface area contributed by atoms with Gasteiger partial charge in [-0.25, -0.2) is 0 Å².